The Morgan fingerprint density at radius 1 is 1.15 bits per heavy atom. The van der Waals surface area contributed by atoms with E-state index in [9.17, 15) is 14.4 Å². The van der Waals surface area contributed by atoms with Crippen LogP contribution in [0.4, 0.5) is 0 Å². The van der Waals surface area contributed by atoms with E-state index in [-0.39, 0.29) is 53.8 Å². The molecule has 214 valence electrons. The number of Topliss-reactive ketones (excluding diaryl/α,β-unsaturated/α-hetero) is 1. The molecule has 5 fully saturated rings. The quantitative estimate of drug-likeness (QED) is 0.202. The fourth-order valence-electron chi connectivity index (χ4n) is 9.55. The van der Waals surface area contributed by atoms with Gasteiger partial charge in [0.1, 0.15) is 0 Å². The molecule has 6 rings (SSSR count). The van der Waals surface area contributed by atoms with Crippen LogP contribution in [0.5, 0.6) is 0 Å². The van der Waals surface area contributed by atoms with E-state index in [1.54, 1.807) is 19.9 Å². The number of allylic oxidation sites excluding steroid dienone is 4. The smallest absolute Gasteiger partial charge is 0.308 e. The van der Waals surface area contributed by atoms with Gasteiger partial charge in [0.2, 0.25) is 5.78 Å². The topological polar surface area (TPSA) is 78.9 Å². The lowest BCUT2D eigenvalue weighted by molar-refractivity contribution is -0.197. The van der Waals surface area contributed by atoms with Gasteiger partial charge in [-0.05, 0) is 68.4 Å². The normalized spacial score (nSPS) is 45.3. The summed E-state index contributed by atoms with van der Waals surface area (Å²) >= 11 is 2.62. The van der Waals surface area contributed by atoms with Crippen LogP contribution in [0, 0.1) is 40.4 Å². The number of hydrogen-bond donors (Lipinski definition) is 0. The lowest BCUT2D eigenvalue weighted by Crippen LogP contribution is -2.63. The molecule has 1 saturated heterocycles. The predicted molar refractivity (Wildman–Crippen MR) is 155 cm³/mol. The van der Waals surface area contributed by atoms with Crippen LogP contribution in [0.25, 0.3) is 0 Å². The van der Waals surface area contributed by atoms with Crippen LogP contribution in [0.1, 0.15) is 85.5 Å². The summed E-state index contributed by atoms with van der Waals surface area (Å²) in [4.78, 5) is 38.9. The number of carbonyl (C=O) groups excluding carboxylic acids is 3. The molecule has 0 spiro atoms. The highest BCUT2D eigenvalue weighted by Gasteiger charge is 2.76. The van der Waals surface area contributed by atoms with E-state index in [1.807, 2.05) is 6.08 Å². The zero-order chi connectivity index (χ0) is 27.7. The molecular weight excluding hydrogens is 607 g/mol. The number of rotatable bonds is 5. The third-order valence-electron chi connectivity index (χ3n) is 11.5. The van der Waals surface area contributed by atoms with Crippen LogP contribution in [0.3, 0.4) is 0 Å². The molecule has 1 aliphatic heterocycles. The van der Waals surface area contributed by atoms with Gasteiger partial charge < -0.3 is 14.2 Å². The standard InChI is InChI=1S/C32H43IO6/c1-18(2)28(36)37-17-25(35)32-26(38-29(39-32)19-8-6-5-7-9-19)15-23-22-11-10-20-14-21(34)12-13-30(20,3)27(22)24(33)16-31(23,32)4/h12-14,18-19,22-24,26-27,29H,5-11,15-17H2,1-4H3/t22-,23-,24-,26+,27+,29?,30-,31-,32+/m0/s1. The number of carbonyl (C=O) groups is 3. The summed E-state index contributed by atoms with van der Waals surface area (Å²) in [5.41, 5.74) is -0.393. The highest BCUT2D eigenvalue weighted by atomic mass is 127. The van der Waals surface area contributed by atoms with Crippen molar-refractivity contribution in [2.75, 3.05) is 6.61 Å². The Labute approximate surface area is 246 Å². The Balaban J connectivity index is 1.35. The third kappa shape index (κ3) is 4.17. The Kier molecular flexibility index (Phi) is 7.23. The van der Waals surface area contributed by atoms with Crippen molar-refractivity contribution in [2.45, 2.75) is 107 Å². The summed E-state index contributed by atoms with van der Waals surface area (Å²) in [6.07, 6.45) is 14.4. The molecule has 0 bridgehead atoms. The van der Waals surface area contributed by atoms with Crippen LogP contribution in [0.15, 0.2) is 23.8 Å². The lowest BCUT2D eigenvalue weighted by Gasteiger charge is -2.60. The van der Waals surface area contributed by atoms with Crippen LogP contribution >= 0.6 is 22.6 Å². The second-order valence-electron chi connectivity index (χ2n) is 13.8. The van der Waals surface area contributed by atoms with Gasteiger partial charge in [-0.1, -0.05) is 81.2 Å². The summed E-state index contributed by atoms with van der Waals surface area (Å²) in [6.45, 7) is 7.89. The molecule has 7 heteroatoms. The number of alkyl halides is 1. The molecule has 6 nitrogen and oxygen atoms in total. The first-order chi connectivity index (χ1) is 18.5. The van der Waals surface area contributed by atoms with Gasteiger partial charge >= 0.3 is 5.97 Å². The summed E-state index contributed by atoms with van der Waals surface area (Å²) in [7, 11) is 0. The van der Waals surface area contributed by atoms with Crippen LogP contribution < -0.4 is 0 Å². The van der Waals surface area contributed by atoms with E-state index in [2.05, 4.69) is 42.5 Å². The van der Waals surface area contributed by atoms with E-state index in [1.165, 1.54) is 24.8 Å². The van der Waals surface area contributed by atoms with Crippen molar-refractivity contribution in [3.63, 3.8) is 0 Å². The first kappa shape index (κ1) is 28.1. The SMILES string of the molecule is CC(C)C(=O)OCC(=O)[C@@]12OC(C3CCCCC3)O[C@@H]1C[C@H]1[C@@H]3CCC4=CC(=O)C=C[C@]4(C)[C@H]3[C@@H](I)C[C@@]12C. The number of esters is 1. The summed E-state index contributed by atoms with van der Waals surface area (Å²) in [5.74, 6) is 0.692. The van der Waals surface area contributed by atoms with Crippen molar-refractivity contribution in [1.29, 1.82) is 0 Å². The minimum atomic E-state index is -1.10. The zero-order valence-corrected chi connectivity index (χ0v) is 25.9. The second-order valence-corrected chi connectivity index (χ2v) is 15.4. The first-order valence-electron chi connectivity index (χ1n) is 15.1. The predicted octanol–water partition coefficient (Wildman–Crippen LogP) is 6.15. The van der Waals surface area contributed by atoms with E-state index < -0.39 is 11.0 Å². The average molecular weight is 651 g/mol. The van der Waals surface area contributed by atoms with Gasteiger partial charge in [-0.3, -0.25) is 14.4 Å². The monoisotopic (exact) mass is 650 g/mol. The number of ketones is 2. The number of ether oxygens (including phenoxy) is 3. The van der Waals surface area contributed by atoms with Gasteiger partial charge in [0, 0.05) is 20.7 Å². The van der Waals surface area contributed by atoms with Gasteiger partial charge in [-0.2, -0.15) is 0 Å². The van der Waals surface area contributed by atoms with Gasteiger partial charge in [0.25, 0.3) is 0 Å². The molecule has 6 aliphatic rings. The minimum absolute atomic E-state index is 0.0954. The molecule has 0 aromatic heterocycles. The van der Waals surface area contributed by atoms with Crippen molar-refractivity contribution < 1.29 is 28.6 Å². The van der Waals surface area contributed by atoms with Crippen molar-refractivity contribution in [2.24, 2.45) is 40.4 Å². The molecular formula is C32H43IO6. The molecule has 5 aliphatic carbocycles. The molecule has 0 aromatic carbocycles. The number of fused-ring (bicyclic) bond motifs is 7. The highest BCUT2D eigenvalue weighted by Crippen LogP contribution is 2.71. The summed E-state index contributed by atoms with van der Waals surface area (Å²) in [5, 5.41) is 0. The van der Waals surface area contributed by atoms with Gasteiger partial charge in [-0.25, -0.2) is 0 Å². The number of hydrogen-bond acceptors (Lipinski definition) is 6. The molecule has 0 radical (unpaired) electrons. The minimum Gasteiger partial charge on any atom is -0.457 e. The van der Waals surface area contributed by atoms with Crippen molar-refractivity contribution in [1.82, 2.24) is 0 Å². The van der Waals surface area contributed by atoms with Gasteiger partial charge in [-0.15, -0.1) is 0 Å². The Hall–Kier alpha value is -1.06. The molecule has 1 unspecified atom stereocenters. The molecule has 0 N–H and O–H groups in total. The van der Waals surface area contributed by atoms with E-state index in [4.69, 9.17) is 14.2 Å². The fourth-order valence-corrected chi connectivity index (χ4v) is 11.7. The van der Waals surface area contributed by atoms with Gasteiger partial charge in [0.15, 0.2) is 24.3 Å². The van der Waals surface area contributed by atoms with Crippen molar-refractivity contribution in [3.8, 4) is 0 Å². The zero-order valence-electron chi connectivity index (χ0n) is 23.7. The second kappa shape index (κ2) is 10.0. The molecule has 9 atom stereocenters. The average Bonchev–Trinajstić information content (AvgIpc) is 3.41. The van der Waals surface area contributed by atoms with Crippen LogP contribution in [-0.4, -0.2) is 46.1 Å². The number of halogens is 1. The van der Waals surface area contributed by atoms with E-state index in [0.717, 1.165) is 38.5 Å². The highest BCUT2D eigenvalue weighted by molar-refractivity contribution is 14.1. The Bertz CT molecular complexity index is 1110. The largest absolute Gasteiger partial charge is 0.457 e. The maximum atomic E-state index is 14.3. The Morgan fingerprint density at radius 2 is 1.90 bits per heavy atom. The molecule has 1 heterocycles. The van der Waals surface area contributed by atoms with Crippen molar-refractivity contribution in [3.05, 3.63) is 23.8 Å². The first-order valence-corrected chi connectivity index (χ1v) is 16.4. The molecule has 39 heavy (non-hydrogen) atoms. The van der Waals surface area contributed by atoms with Crippen LogP contribution in [-0.2, 0) is 28.6 Å². The maximum absolute atomic E-state index is 14.3. The fraction of sp³-hybridized carbons (Fsp3) is 0.781. The summed E-state index contributed by atoms with van der Waals surface area (Å²) < 4.78 is 19.6. The maximum Gasteiger partial charge on any atom is 0.308 e. The lowest BCUT2D eigenvalue weighted by atomic mass is 9.47. The third-order valence-corrected chi connectivity index (χ3v) is 12.7. The molecule has 0 aromatic rings. The van der Waals surface area contributed by atoms with E-state index >= 15 is 0 Å². The van der Waals surface area contributed by atoms with E-state index in [0.29, 0.717) is 21.7 Å². The van der Waals surface area contributed by atoms with Gasteiger partial charge in [0.05, 0.1) is 12.0 Å². The Morgan fingerprint density at radius 3 is 2.62 bits per heavy atom. The summed E-state index contributed by atoms with van der Waals surface area (Å²) in [6, 6.07) is 0. The molecule has 4 saturated carbocycles. The van der Waals surface area contributed by atoms with Crippen LogP contribution in [0.2, 0.25) is 0 Å². The molecule has 0 amide bonds. The van der Waals surface area contributed by atoms with Crippen molar-refractivity contribution >= 4 is 40.1 Å².